The van der Waals surface area contributed by atoms with Crippen LogP contribution < -0.4 is 0 Å². The van der Waals surface area contributed by atoms with Crippen molar-refractivity contribution >= 4 is 21.4 Å². The zero-order chi connectivity index (χ0) is 20.0. The zero-order valence-electron chi connectivity index (χ0n) is 16.3. The van der Waals surface area contributed by atoms with Gasteiger partial charge in [-0.15, -0.1) is 11.3 Å². The lowest BCUT2D eigenvalue weighted by Crippen LogP contribution is -2.33. The molecule has 2 aromatic carbocycles. The van der Waals surface area contributed by atoms with Gasteiger partial charge in [-0.05, 0) is 59.5 Å². The number of fused-ring (bicyclic) bond motifs is 2. The van der Waals surface area contributed by atoms with Crippen LogP contribution in [0, 0.1) is 0 Å². The van der Waals surface area contributed by atoms with Gasteiger partial charge in [-0.3, -0.25) is 0 Å². The molecular formula is C24H26O4S. The monoisotopic (exact) mass is 410 g/mol. The molecule has 1 aliphatic carbocycles. The van der Waals surface area contributed by atoms with Crippen LogP contribution in [0.25, 0.3) is 10.1 Å². The lowest BCUT2D eigenvalue weighted by molar-refractivity contribution is -0.114. The molecule has 152 valence electrons. The fourth-order valence-corrected chi connectivity index (χ4v) is 5.99. The summed E-state index contributed by atoms with van der Waals surface area (Å²) in [5, 5.41) is 32.0. The normalized spacial score (nSPS) is 24.1. The SMILES string of the molecule is OC[C@@H]1C[C@H](O)C[C@H](c2cc(Cc3cc4ccccc4s3)c3c(c2O)CCC3)O1. The van der Waals surface area contributed by atoms with E-state index in [9.17, 15) is 15.3 Å². The number of phenolic OH excluding ortho intramolecular Hbond substituents is 1. The summed E-state index contributed by atoms with van der Waals surface area (Å²) < 4.78 is 7.31. The number of hydrogen-bond donors (Lipinski definition) is 3. The third-order valence-electron chi connectivity index (χ3n) is 6.26. The predicted molar refractivity (Wildman–Crippen MR) is 115 cm³/mol. The molecule has 2 aliphatic rings. The van der Waals surface area contributed by atoms with Crippen LogP contribution in [0.1, 0.15) is 52.5 Å². The lowest BCUT2D eigenvalue weighted by Gasteiger charge is -2.33. The lowest BCUT2D eigenvalue weighted by atomic mass is 9.89. The number of aromatic hydroxyl groups is 1. The summed E-state index contributed by atoms with van der Waals surface area (Å²) in [6.45, 7) is -0.117. The third-order valence-corrected chi connectivity index (χ3v) is 7.38. The van der Waals surface area contributed by atoms with E-state index in [-0.39, 0.29) is 18.8 Å². The first-order chi connectivity index (χ1) is 14.1. The number of phenols is 1. The number of thiophene rings is 1. The number of hydrogen-bond acceptors (Lipinski definition) is 5. The summed E-state index contributed by atoms with van der Waals surface area (Å²) in [6, 6.07) is 12.8. The van der Waals surface area contributed by atoms with Crippen molar-refractivity contribution in [1.82, 2.24) is 0 Å². The molecule has 3 aromatic rings. The van der Waals surface area contributed by atoms with Gasteiger partial charge in [0.05, 0.1) is 24.9 Å². The van der Waals surface area contributed by atoms with E-state index in [1.807, 2.05) is 11.3 Å². The number of rotatable bonds is 4. The van der Waals surface area contributed by atoms with E-state index in [0.717, 1.165) is 36.8 Å². The van der Waals surface area contributed by atoms with Crippen molar-refractivity contribution in [3.63, 3.8) is 0 Å². The molecule has 0 bridgehead atoms. The molecule has 2 heterocycles. The molecule has 0 amide bonds. The summed E-state index contributed by atoms with van der Waals surface area (Å²) in [6.07, 6.45) is 3.37. The third kappa shape index (κ3) is 3.57. The van der Waals surface area contributed by atoms with Gasteiger partial charge in [-0.1, -0.05) is 18.2 Å². The van der Waals surface area contributed by atoms with E-state index < -0.39 is 6.10 Å². The Hall–Kier alpha value is -1.92. The molecule has 29 heavy (non-hydrogen) atoms. The molecule has 4 nitrogen and oxygen atoms in total. The summed E-state index contributed by atoms with van der Waals surface area (Å²) >= 11 is 1.82. The first-order valence-corrected chi connectivity index (χ1v) is 11.2. The van der Waals surface area contributed by atoms with E-state index in [1.165, 1.54) is 26.1 Å². The quantitative estimate of drug-likeness (QED) is 0.601. The van der Waals surface area contributed by atoms with Crippen molar-refractivity contribution in [1.29, 1.82) is 0 Å². The molecule has 0 unspecified atom stereocenters. The standard InChI is InChI=1S/C24H26O4S/c25-13-17-11-16(26)12-22(28-17)21-10-15(19-5-3-6-20(19)24(21)27)9-18-8-14-4-1-2-7-23(14)29-18/h1-2,4,7-8,10,16-17,22,25-27H,3,5-6,9,11-13H2/t16-,17-,22+/m0/s1. The van der Waals surface area contributed by atoms with Crippen LogP contribution in [-0.2, 0) is 24.0 Å². The summed E-state index contributed by atoms with van der Waals surface area (Å²) in [5.41, 5.74) is 4.33. The molecule has 3 N–H and O–H groups in total. The van der Waals surface area contributed by atoms with Gasteiger partial charge in [0.15, 0.2) is 0 Å². The van der Waals surface area contributed by atoms with E-state index in [4.69, 9.17) is 4.74 Å². The molecule has 0 radical (unpaired) electrons. The molecule has 5 heteroatoms. The highest BCUT2D eigenvalue weighted by Crippen LogP contribution is 2.43. The van der Waals surface area contributed by atoms with Crippen LogP contribution in [0.4, 0.5) is 0 Å². The van der Waals surface area contributed by atoms with Gasteiger partial charge in [0.25, 0.3) is 0 Å². The molecule has 1 fully saturated rings. The number of aliphatic hydroxyl groups is 2. The maximum absolute atomic E-state index is 11.0. The summed E-state index contributed by atoms with van der Waals surface area (Å²) in [7, 11) is 0. The number of benzene rings is 2. The van der Waals surface area contributed by atoms with Crippen LogP contribution >= 0.6 is 11.3 Å². The van der Waals surface area contributed by atoms with Crippen LogP contribution in [0.5, 0.6) is 5.75 Å². The van der Waals surface area contributed by atoms with Crippen LogP contribution in [0.2, 0.25) is 0 Å². The second kappa shape index (κ2) is 7.73. The van der Waals surface area contributed by atoms with Gasteiger partial charge < -0.3 is 20.1 Å². The molecule has 3 atom stereocenters. The summed E-state index contributed by atoms with van der Waals surface area (Å²) in [4.78, 5) is 1.31. The van der Waals surface area contributed by atoms with Gasteiger partial charge in [0, 0.05) is 34.4 Å². The van der Waals surface area contributed by atoms with Crippen molar-refractivity contribution in [2.45, 2.75) is 56.8 Å². The first-order valence-electron chi connectivity index (χ1n) is 10.4. The fraction of sp³-hybridized carbons (Fsp3) is 0.417. The van der Waals surface area contributed by atoms with Gasteiger partial charge in [0.1, 0.15) is 5.75 Å². The summed E-state index contributed by atoms with van der Waals surface area (Å²) in [5.74, 6) is 0.327. The highest BCUT2D eigenvalue weighted by atomic mass is 32.1. The van der Waals surface area contributed by atoms with E-state index in [2.05, 4.69) is 36.4 Å². The van der Waals surface area contributed by atoms with Gasteiger partial charge in [0.2, 0.25) is 0 Å². The molecule has 1 aromatic heterocycles. The van der Waals surface area contributed by atoms with Crippen molar-refractivity contribution in [2.75, 3.05) is 6.61 Å². The Labute approximate surface area is 174 Å². The van der Waals surface area contributed by atoms with Gasteiger partial charge >= 0.3 is 0 Å². The Morgan fingerprint density at radius 1 is 1.07 bits per heavy atom. The molecule has 1 aliphatic heterocycles. The van der Waals surface area contributed by atoms with Gasteiger partial charge in [-0.2, -0.15) is 0 Å². The number of ether oxygens (including phenoxy) is 1. The van der Waals surface area contributed by atoms with E-state index in [1.54, 1.807) is 0 Å². The molecule has 5 rings (SSSR count). The maximum atomic E-state index is 11.0. The highest BCUT2D eigenvalue weighted by Gasteiger charge is 2.33. The Balaban J connectivity index is 1.53. The predicted octanol–water partition coefficient (Wildman–Crippen LogP) is 4.26. The minimum Gasteiger partial charge on any atom is -0.507 e. The molecular weight excluding hydrogens is 384 g/mol. The Morgan fingerprint density at radius 3 is 2.72 bits per heavy atom. The van der Waals surface area contributed by atoms with Crippen molar-refractivity contribution in [3.8, 4) is 5.75 Å². The highest BCUT2D eigenvalue weighted by molar-refractivity contribution is 7.19. The smallest absolute Gasteiger partial charge is 0.124 e. The Bertz CT molecular complexity index is 1010. The van der Waals surface area contributed by atoms with E-state index in [0.29, 0.717) is 18.6 Å². The fourth-order valence-electron chi connectivity index (χ4n) is 4.90. The van der Waals surface area contributed by atoms with Crippen molar-refractivity contribution in [2.24, 2.45) is 0 Å². The first kappa shape index (κ1) is 19.1. The Morgan fingerprint density at radius 2 is 1.90 bits per heavy atom. The molecule has 0 spiro atoms. The zero-order valence-corrected chi connectivity index (χ0v) is 17.1. The topological polar surface area (TPSA) is 69.9 Å². The van der Waals surface area contributed by atoms with Crippen LogP contribution in [0.15, 0.2) is 36.4 Å². The minimum absolute atomic E-state index is 0.117. The van der Waals surface area contributed by atoms with Gasteiger partial charge in [-0.25, -0.2) is 0 Å². The average molecular weight is 411 g/mol. The second-order valence-corrected chi connectivity index (χ2v) is 9.43. The van der Waals surface area contributed by atoms with E-state index >= 15 is 0 Å². The largest absolute Gasteiger partial charge is 0.507 e. The minimum atomic E-state index is -0.524. The van der Waals surface area contributed by atoms with Crippen molar-refractivity contribution in [3.05, 3.63) is 63.5 Å². The molecule has 0 saturated carbocycles. The van der Waals surface area contributed by atoms with Crippen molar-refractivity contribution < 1.29 is 20.1 Å². The van der Waals surface area contributed by atoms with Crippen LogP contribution in [-0.4, -0.2) is 34.1 Å². The molecule has 1 saturated heterocycles. The Kier molecular flexibility index (Phi) is 5.08. The maximum Gasteiger partial charge on any atom is 0.124 e. The second-order valence-electron chi connectivity index (χ2n) is 8.27. The number of aliphatic hydroxyl groups excluding tert-OH is 2. The average Bonchev–Trinajstić information content (AvgIpc) is 3.36. The van der Waals surface area contributed by atoms with Crippen LogP contribution in [0.3, 0.4) is 0 Å².